The second-order valence-electron chi connectivity index (χ2n) is 4.49. The Labute approximate surface area is 127 Å². The van der Waals surface area contributed by atoms with Gasteiger partial charge < -0.3 is 10.6 Å². The summed E-state index contributed by atoms with van der Waals surface area (Å²) >= 11 is 6.08. The molecule has 2 rings (SSSR count). The molecule has 1 atom stereocenters. The molecule has 1 aromatic carbocycles. The van der Waals surface area contributed by atoms with Crippen LogP contribution in [0.3, 0.4) is 0 Å². The number of hydrogen-bond donors (Lipinski definition) is 2. The van der Waals surface area contributed by atoms with E-state index in [0.717, 1.165) is 5.56 Å². The van der Waals surface area contributed by atoms with Gasteiger partial charge in [0.05, 0.1) is 11.6 Å². The standard InChI is InChI=1S/C15H15ClFN3O/c1-9(10-5-3-4-6-12(10)16)20-15(21)11-7-8-19-14(18-2)13(11)17/h3-9H,1-2H3,(H,18,19)(H,20,21). The molecule has 0 fully saturated rings. The van der Waals surface area contributed by atoms with Gasteiger partial charge in [0.2, 0.25) is 0 Å². The Morgan fingerprint density at radius 2 is 2.05 bits per heavy atom. The lowest BCUT2D eigenvalue weighted by atomic mass is 10.1. The van der Waals surface area contributed by atoms with E-state index < -0.39 is 11.7 Å². The van der Waals surface area contributed by atoms with Crippen LogP contribution in [-0.4, -0.2) is 17.9 Å². The van der Waals surface area contributed by atoms with Gasteiger partial charge in [-0.1, -0.05) is 29.8 Å². The highest BCUT2D eigenvalue weighted by atomic mass is 35.5. The van der Waals surface area contributed by atoms with E-state index in [1.807, 2.05) is 18.2 Å². The van der Waals surface area contributed by atoms with Crippen LogP contribution in [0, 0.1) is 5.82 Å². The maximum atomic E-state index is 14.0. The first-order valence-electron chi connectivity index (χ1n) is 6.42. The zero-order valence-electron chi connectivity index (χ0n) is 11.7. The number of amides is 1. The quantitative estimate of drug-likeness (QED) is 0.910. The number of nitrogens with zero attached hydrogens (tertiary/aromatic N) is 1. The summed E-state index contributed by atoms with van der Waals surface area (Å²) in [6.07, 6.45) is 1.38. The first-order valence-corrected chi connectivity index (χ1v) is 6.80. The molecule has 2 aromatic rings. The fraction of sp³-hybridized carbons (Fsp3) is 0.200. The predicted octanol–water partition coefficient (Wildman–Crippen LogP) is 3.41. The highest BCUT2D eigenvalue weighted by Crippen LogP contribution is 2.23. The number of benzene rings is 1. The maximum Gasteiger partial charge on any atom is 0.254 e. The minimum Gasteiger partial charge on any atom is -0.371 e. The molecule has 0 bridgehead atoms. The SMILES string of the molecule is CNc1nccc(C(=O)NC(C)c2ccccc2Cl)c1F. The third-order valence-electron chi connectivity index (χ3n) is 3.09. The number of rotatable bonds is 4. The van der Waals surface area contributed by atoms with Crippen LogP contribution in [0.1, 0.15) is 28.9 Å². The Morgan fingerprint density at radius 1 is 1.33 bits per heavy atom. The average molecular weight is 308 g/mol. The summed E-state index contributed by atoms with van der Waals surface area (Å²) in [6, 6.07) is 8.20. The third kappa shape index (κ3) is 3.31. The van der Waals surface area contributed by atoms with Gasteiger partial charge in [-0.15, -0.1) is 0 Å². The van der Waals surface area contributed by atoms with Gasteiger partial charge in [-0.05, 0) is 24.6 Å². The molecule has 4 nitrogen and oxygen atoms in total. The molecule has 1 heterocycles. The Kier molecular flexibility index (Phi) is 4.75. The first-order chi connectivity index (χ1) is 10.0. The Morgan fingerprint density at radius 3 is 2.71 bits per heavy atom. The molecular weight excluding hydrogens is 293 g/mol. The van der Waals surface area contributed by atoms with Crippen LogP contribution in [0.25, 0.3) is 0 Å². The highest BCUT2D eigenvalue weighted by Gasteiger charge is 2.18. The van der Waals surface area contributed by atoms with Crippen LogP contribution in [-0.2, 0) is 0 Å². The molecule has 0 radical (unpaired) electrons. The lowest BCUT2D eigenvalue weighted by molar-refractivity contribution is 0.0936. The average Bonchev–Trinajstić information content (AvgIpc) is 2.47. The topological polar surface area (TPSA) is 54.0 Å². The Bertz CT molecular complexity index is 663. The molecule has 21 heavy (non-hydrogen) atoms. The van der Waals surface area contributed by atoms with Crippen molar-refractivity contribution in [1.82, 2.24) is 10.3 Å². The summed E-state index contributed by atoms with van der Waals surface area (Å²) in [6.45, 7) is 1.79. The minimum atomic E-state index is -0.677. The summed E-state index contributed by atoms with van der Waals surface area (Å²) in [7, 11) is 1.54. The van der Waals surface area contributed by atoms with Gasteiger partial charge in [-0.2, -0.15) is 0 Å². The number of carbonyl (C=O) groups is 1. The maximum absolute atomic E-state index is 14.0. The molecule has 1 unspecified atom stereocenters. The van der Waals surface area contributed by atoms with E-state index in [1.54, 1.807) is 20.0 Å². The molecule has 2 N–H and O–H groups in total. The van der Waals surface area contributed by atoms with Crippen molar-refractivity contribution in [3.63, 3.8) is 0 Å². The number of nitrogens with one attached hydrogen (secondary N) is 2. The second-order valence-corrected chi connectivity index (χ2v) is 4.89. The van der Waals surface area contributed by atoms with Gasteiger partial charge in [0.15, 0.2) is 11.6 Å². The zero-order chi connectivity index (χ0) is 15.4. The smallest absolute Gasteiger partial charge is 0.254 e. The van der Waals surface area contributed by atoms with Crippen molar-refractivity contribution >= 4 is 23.3 Å². The monoisotopic (exact) mass is 307 g/mol. The summed E-state index contributed by atoms with van der Waals surface area (Å²) in [5.74, 6) is -1.16. The van der Waals surface area contributed by atoms with Gasteiger partial charge in [0.1, 0.15) is 0 Å². The Balaban J connectivity index is 2.21. The van der Waals surface area contributed by atoms with E-state index in [0.29, 0.717) is 5.02 Å². The van der Waals surface area contributed by atoms with Crippen molar-refractivity contribution in [1.29, 1.82) is 0 Å². The molecule has 1 amide bonds. The van der Waals surface area contributed by atoms with Gasteiger partial charge in [-0.3, -0.25) is 4.79 Å². The van der Waals surface area contributed by atoms with Crippen LogP contribution in [0.5, 0.6) is 0 Å². The van der Waals surface area contributed by atoms with Crippen LogP contribution in [0.15, 0.2) is 36.5 Å². The van der Waals surface area contributed by atoms with Crippen molar-refractivity contribution in [2.45, 2.75) is 13.0 Å². The second kappa shape index (κ2) is 6.54. The molecule has 0 saturated heterocycles. The van der Waals surface area contributed by atoms with E-state index in [4.69, 9.17) is 11.6 Å². The Hall–Kier alpha value is -2.14. The number of anilines is 1. The number of carbonyl (C=O) groups excluding carboxylic acids is 1. The first kappa shape index (κ1) is 15.3. The van der Waals surface area contributed by atoms with Crippen molar-refractivity contribution < 1.29 is 9.18 Å². The molecule has 0 saturated carbocycles. The van der Waals surface area contributed by atoms with Crippen molar-refractivity contribution in [2.24, 2.45) is 0 Å². The van der Waals surface area contributed by atoms with E-state index in [-0.39, 0.29) is 17.4 Å². The van der Waals surface area contributed by atoms with Gasteiger partial charge >= 0.3 is 0 Å². The molecule has 0 aliphatic rings. The summed E-state index contributed by atoms with van der Waals surface area (Å²) < 4.78 is 14.0. The number of aromatic nitrogens is 1. The number of pyridine rings is 1. The zero-order valence-corrected chi connectivity index (χ0v) is 12.4. The number of hydrogen-bond acceptors (Lipinski definition) is 3. The predicted molar refractivity (Wildman–Crippen MR) is 81.1 cm³/mol. The van der Waals surface area contributed by atoms with Gasteiger partial charge in [-0.25, -0.2) is 9.37 Å². The van der Waals surface area contributed by atoms with E-state index in [1.165, 1.54) is 12.3 Å². The van der Waals surface area contributed by atoms with Gasteiger partial charge in [0.25, 0.3) is 5.91 Å². The third-order valence-corrected chi connectivity index (χ3v) is 3.43. The molecular formula is C15H15ClFN3O. The lowest BCUT2D eigenvalue weighted by Gasteiger charge is -2.16. The normalized spacial score (nSPS) is 11.8. The summed E-state index contributed by atoms with van der Waals surface area (Å²) in [5, 5.41) is 5.88. The largest absolute Gasteiger partial charge is 0.371 e. The van der Waals surface area contributed by atoms with E-state index >= 15 is 0 Å². The summed E-state index contributed by atoms with van der Waals surface area (Å²) in [4.78, 5) is 16.0. The number of halogens is 2. The van der Waals surface area contributed by atoms with Crippen LogP contribution in [0.4, 0.5) is 10.2 Å². The molecule has 0 aliphatic heterocycles. The van der Waals surface area contributed by atoms with Gasteiger partial charge in [0, 0.05) is 18.3 Å². The molecule has 6 heteroatoms. The fourth-order valence-electron chi connectivity index (χ4n) is 1.97. The van der Waals surface area contributed by atoms with Crippen molar-refractivity contribution in [3.8, 4) is 0 Å². The fourth-order valence-corrected chi connectivity index (χ4v) is 2.27. The molecule has 0 spiro atoms. The lowest BCUT2D eigenvalue weighted by Crippen LogP contribution is -2.28. The summed E-state index contributed by atoms with van der Waals surface area (Å²) in [5.41, 5.74) is 0.712. The van der Waals surface area contributed by atoms with E-state index in [9.17, 15) is 9.18 Å². The molecule has 0 aliphatic carbocycles. The van der Waals surface area contributed by atoms with Crippen LogP contribution >= 0.6 is 11.6 Å². The minimum absolute atomic E-state index is 0.0352. The van der Waals surface area contributed by atoms with Crippen LogP contribution in [0.2, 0.25) is 5.02 Å². The van der Waals surface area contributed by atoms with Crippen molar-refractivity contribution in [3.05, 3.63) is 58.5 Å². The highest BCUT2D eigenvalue weighted by molar-refractivity contribution is 6.31. The van der Waals surface area contributed by atoms with Crippen LogP contribution < -0.4 is 10.6 Å². The van der Waals surface area contributed by atoms with Crippen molar-refractivity contribution in [2.75, 3.05) is 12.4 Å². The molecule has 110 valence electrons. The van der Waals surface area contributed by atoms with E-state index in [2.05, 4.69) is 15.6 Å². The molecule has 1 aromatic heterocycles.